The number of nitrogens with zero attached hydrogens (tertiary/aromatic N) is 4. The lowest BCUT2D eigenvalue weighted by Crippen LogP contribution is -2.28. The zero-order valence-corrected chi connectivity index (χ0v) is 21.4. The maximum atomic E-state index is 13.2. The van der Waals surface area contributed by atoms with Gasteiger partial charge in [0.15, 0.2) is 0 Å². The number of nitrogens with one attached hydrogen (secondary N) is 2. The number of amides is 1. The summed E-state index contributed by atoms with van der Waals surface area (Å²) in [4.78, 5) is 31.2. The van der Waals surface area contributed by atoms with Crippen molar-refractivity contribution >= 4 is 57.0 Å². The number of aromatic nitrogens is 4. The Morgan fingerprint density at radius 2 is 1.95 bits per heavy atom. The second kappa shape index (κ2) is 10.8. The number of rotatable bonds is 10. The molecule has 3 aromatic heterocycles. The van der Waals surface area contributed by atoms with Gasteiger partial charge in [-0.1, -0.05) is 0 Å². The van der Waals surface area contributed by atoms with Crippen molar-refractivity contribution in [1.29, 1.82) is 5.41 Å². The van der Waals surface area contributed by atoms with E-state index in [9.17, 15) is 22.8 Å². The largest absolute Gasteiger partial charge is 0.406 e. The Kier molecular flexibility index (Phi) is 7.73. The predicted octanol–water partition coefficient (Wildman–Crippen LogP) is 3.94. The molecular formula is C24H26F3N7O3S. The lowest BCUT2D eigenvalue weighted by Gasteiger charge is -2.11. The fraction of sp³-hybridized carbons (Fsp3) is 0.333. The number of halogens is 3. The van der Waals surface area contributed by atoms with E-state index < -0.39 is 24.3 Å². The van der Waals surface area contributed by atoms with Gasteiger partial charge < -0.3 is 20.4 Å². The molecule has 0 bridgehead atoms. The standard InChI is InChI=1S/C24H26F3N7O3S/c1-3-37-8-4-7-33-16-10-18-17(32(2)23(36)34(18)13-24(25,26)27)9-15(16)30-22(33)31-21(35)20-6-5-19(38-20)14(11-28)12-29/h5-6,9-12,28H,3-4,7-8,13,29H2,1-2H3,(H,30,31,35)/b14-12+,28-11?. The Bertz CT molecular complexity index is 1590. The van der Waals surface area contributed by atoms with Crippen molar-refractivity contribution in [3.8, 4) is 0 Å². The molecule has 0 unspecified atom stereocenters. The summed E-state index contributed by atoms with van der Waals surface area (Å²) in [6.45, 7) is 1.76. The molecule has 0 saturated heterocycles. The quantitative estimate of drug-likeness (QED) is 0.204. The second-order valence-electron chi connectivity index (χ2n) is 8.39. The molecule has 202 valence electrons. The molecule has 14 heteroatoms. The van der Waals surface area contributed by atoms with Gasteiger partial charge in [-0.05, 0) is 37.6 Å². The maximum Gasteiger partial charge on any atom is 0.406 e. The highest BCUT2D eigenvalue weighted by Gasteiger charge is 2.31. The lowest BCUT2D eigenvalue weighted by atomic mass is 10.2. The van der Waals surface area contributed by atoms with Gasteiger partial charge in [-0.25, -0.2) is 9.78 Å². The van der Waals surface area contributed by atoms with E-state index in [1.54, 1.807) is 22.8 Å². The smallest absolute Gasteiger partial charge is 0.404 e. The molecule has 4 aromatic rings. The summed E-state index contributed by atoms with van der Waals surface area (Å²) in [5.41, 5.74) is 6.50. The van der Waals surface area contributed by atoms with E-state index in [0.29, 0.717) is 62.6 Å². The summed E-state index contributed by atoms with van der Waals surface area (Å²) in [6.07, 6.45) is -1.66. The molecule has 3 heterocycles. The van der Waals surface area contributed by atoms with Crippen LogP contribution in [-0.2, 0) is 24.9 Å². The molecule has 0 atom stereocenters. The normalized spacial score (nSPS) is 12.5. The van der Waals surface area contributed by atoms with E-state index in [1.165, 1.54) is 19.3 Å². The molecule has 10 nitrogen and oxygen atoms in total. The number of hydrogen-bond acceptors (Lipinski definition) is 7. The van der Waals surface area contributed by atoms with Gasteiger partial charge in [0.25, 0.3) is 5.91 Å². The SMILES string of the molecule is CCOCCCn1c(NC(=O)c2ccc(/C(C=N)=C/N)s2)nc2cc3c(cc21)n(CC(F)(F)F)c(=O)n3C. The summed E-state index contributed by atoms with van der Waals surface area (Å²) in [6, 6.07) is 6.32. The molecular weight excluding hydrogens is 523 g/mol. The molecule has 0 aliphatic carbocycles. The molecule has 0 aliphatic rings. The van der Waals surface area contributed by atoms with Gasteiger partial charge in [0.05, 0.1) is 26.9 Å². The van der Waals surface area contributed by atoms with Crippen molar-refractivity contribution in [2.75, 3.05) is 18.5 Å². The summed E-state index contributed by atoms with van der Waals surface area (Å²) >= 11 is 1.15. The van der Waals surface area contributed by atoms with Crippen LogP contribution >= 0.6 is 11.3 Å². The number of ether oxygens (including phenoxy) is 1. The fourth-order valence-electron chi connectivity index (χ4n) is 4.12. The summed E-state index contributed by atoms with van der Waals surface area (Å²) in [5, 5.41) is 10.2. The first-order chi connectivity index (χ1) is 18.1. The van der Waals surface area contributed by atoms with E-state index in [1.807, 2.05) is 6.92 Å². The van der Waals surface area contributed by atoms with E-state index in [-0.39, 0.29) is 11.5 Å². The highest BCUT2D eigenvalue weighted by molar-refractivity contribution is 7.15. The number of alkyl halides is 3. The van der Waals surface area contributed by atoms with Crippen LogP contribution in [0.15, 0.2) is 35.3 Å². The van der Waals surface area contributed by atoms with Crippen LogP contribution in [0.1, 0.15) is 27.9 Å². The van der Waals surface area contributed by atoms with E-state index in [4.69, 9.17) is 15.9 Å². The Morgan fingerprint density at radius 3 is 2.61 bits per heavy atom. The number of thiophene rings is 1. The number of carbonyl (C=O) groups excluding carboxylic acids is 1. The topological polar surface area (TPSA) is 133 Å². The van der Waals surface area contributed by atoms with Gasteiger partial charge in [0, 0.05) is 49.7 Å². The Morgan fingerprint density at radius 1 is 1.21 bits per heavy atom. The monoisotopic (exact) mass is 549 g/mol. The number of nitrogens with two attached hydrogens (primary N) is 1. The van der Waals surface area contributed by atoms with Crippen LogP contribution in [0.3, 0.4) is 0 Å². The lowest BCUT2D eigenvalue weighted by molar-refractivity contribution is -0.140. The molecule has 0 saturated carbocycles. The molecule has 4 rings (SSSR count). The number of allylic oxidation sites excluding steroid dienone is 1. The third-order valence-corrected chi connectivity index (χ3v) is 7.03. The minimum atomic E-state index is -4.58. The van der Waals surface area contributed by atoms with Gasteiger partial charge in [0.1, 0.15) is 6.54 Å². The molecule has 1 aromatic carbocycles. The van der Waals surface area contributed by atoms with Gasteiger partial charge >= 0.3 is 11.9 Å². The van der Waals surface area contributed by atoms with Crippen molar-refractivity contribution in [3.05, 3.63) is 50.7 Å². The molecule has 0 radical (unpaired) electrons. The predicted molar refractivity (Wildman–Crippen MR) is 141 cm³/mol. The average Bonchev–Trinajstić information content (AvgIpc) is 3.54. The number of benzene rings is 1. The van der Waals surface area contributed by atoms with Crippen LogP contribution in [0, 0.1) is 5.41 Å². The van der Waals surface area contributed by atoms with Gasteiger partial charge in [-0.3, -0.25) is 19.2 Å². The maximum absolute atomic E-state index is 13.2. The first kappa shape index (κ1) is 27.1. The van der Waals surface area contributed by atoms with Crippen molar-refractivity contribution in [2.45, 2.75) is 32.6 Å². The minimum absolute atomic E-state index is 0.113. The first-order valence-corrected chi connectivity index (χ1v) is 12.5. The summed E-state index contributed by atoms with van der Waals surface area (Å²) in [7, 11) is 1.40. The number of carbonyl (C=O) groups is 1. The third-order valence-electron chi connectivity index (χ3n) is 5.90. The molecule has 1 amide bonds. The van der Waals surface area contributed by atoms with Crippen LogP contribution in [0.5, 0.6) is 0 Å². The number of aryl methyl sites for hydroxylation is 2. The molecule has 0 aliphatic heterocycles. The second-order valence-corrected chi connectivity index (χ2v) is 9.48. The van der Waals surface area contributed by atoms with Crippen LogP contribution < -0.4 is 16.7 Å². The molecule has 0 spiro atoms. The first-order valence-electron chi connectivity index (χ1n) is 11.7. The van der Waals surface area contributed by atoms with Crippen molar-refractivity contribution in [1.82, 2.24) is 18.7 Å². The third kappa shape index (κ3) is 5.36. The molecule has 38 heavy (non-hydrogen) atoms. The zero-order chi connectivity index (χ0) is 27.6. The van der Waals surface area contributed by atoms with E-state index in [2.05, 4.69) is 10.3 Å². The Labute approximate surface area is 218 Å². The average molecular weight is 550 g/mol. The van der Waals surface area contributed by atoms with Crippen LogP contribution in [0.25, 0.3) is 27.6 Å². The number of imidazole rings is 2. The Balaban J connectivity index is 1.78. The Hall–Kier alpha value is -3.91. The van der Waals surface area contributed by atoms with Crippen LogP contribution in [0.4, 0.5) is 19.1 Å². The van der Waals surface area contributed by atoms with Gasteiger partial charge in [-0.15, -0.1) is 11.3 Å². The van der Waals surface area contributed by atoms with Gasteiger partial charge in [-0.2, -0.15) is 13.2 Å². The van der Waals surface area contributed by atoms with Crippen molar-refractivity contribution in [3.63, 3.8) is 0 Å². The summed E-state index contributed by atoms with van der Waals surface area (Å²) in [5.74, 6) is -0.236. The minimum Gasteiger partial charge on any atom is -0.404 e. The van der Waals surface area contributed by atoms with Crippen molar-refractivity contribution in [2.24, 2.45) is 12.8 Å². The van der Waals surface area contributed by atoms with E-state index >= 15 is 0 Å². The number of fused-ring (bicyclic) bond motifs is 2. The number of hydrogen-bond donors (Lipinski definition) is 3. The molecule has 0 fully saturated rings. The fourth-order valence-corrected chi connectivity index (χ4v) is 5.02. The molecule has 4 N–H and O–H groups in total. The number of anilines is 1. The highest BCUT2D eigenvalue weighted by atomic mass is 32.1. The van der Waals surface area contributed by atoms with Crippen molar-refractivity contribution < 1.29 is 22.7 Å². The van der Waals surface area contributed by atoms with E-state index in [0.717, 1.165) is 22.1 Å². The van der Waals surface area contributed by atoms with Crippen LogP contribution in [0.2, 0.25) is 0 Å². The van der Waals surface area contributed by atoms with Gasteiger partial charge in [0.2, 0.25) is 5.95 Å². The summed E-state index contributed by atoms with van der Waals surface area (Å²) < 4.78 is 48.6. The van der Waals surface area contributed by atoms with Crippen LogP contribution in [-0.4, -0.2) is 50.2 Å². The zero-order valence-electron chi connectivity index (χ0n) is 20.6. The highest BCUT2D eigenvalue weighted by Crippen LogP contribution is 2.29.